The molecule has 2 N–H and O–H groups in total. The number of carboxylic acid groups (broad SMARTS) is 1. The van der Waals surface area contributed by atoms with Crippen LogP contribution in [0.5, 0.6) is 0 Å². The van der Waals surface area contributed by atoms with Crippen LogP contribution in [0, 0.1) is 0 Å². The van der Waals surface area contributed by atoms with E-state index in [0.29, 0.717) is 6.42 Å². The third kappa shape index (κ3) is 14.5. The molecule has 5 heteroatoms. The summed E-state index contributed by atoms with van der Waals surface area (Å²) in [4.78, 5) is 22.8. The molecule has 0 heterocycles. The van der Waals surface area contributed by atoms with Crippen molar-refractivity contribution in [3.8, 4) is 0 Å². The van der Waals surface area contributed by atoms with Crippen LogP contribution in [0.15, 0.2) is 18.2 Å². The normalized spacial score (nSPS) is 10.6. The summed E-state index contributed by atoms with van der Waals surface area (Å²) in [5.74, 6) is -2.04. The van der Waals surface area contributed by atoms with E-state index in [0.717, 1.165) is 18.4 Å². The van der Waals surface area contributed by atoms with Crippen LogP contribution in [0.4, 0.5) is 0 Å². The first kappa shape index (κ1) is 30.8. The minimum atomic E-state index is -1.35. The molecule has 4 nitrogen and oxygen atoms in total. The SMILES string of the molecule is CCCCCCCCCCCCCCCCCCc1cccc(C(=O)[O-])c1C(N)=O.[K+]. The Balaban J connectivity index is 0.00000900. The molecular formula is C26H42KNO3. The fraction of sp³-hybridized carbons (Fsp3) is 0.692. The van der Waals surface area contributed by atoms with Gasteiger partial charge in [0.1, 0.15) is 0 Å². The predicted octanol–water partition coefficient (Wildman–Crippen LogP) is 2.96. The molecule has 0 fully saturated rings. The number of benzene rings is 1. The van der Waals surface area contributed by atoms with Gasteiger partial charge in [0.2, 0.25) is 5.91 Å². The number of nitrogens with two attached hydrogens (primary N) is 1. The predicted molar refractivity (Wildman–Crippen MR) is 123 cm³/mol. The molecule has 0 atom stereocenters. The zero-order valence-electron chi connectivity index (χ0n) is 20.1. The maximum Gasteiger partial charge on any atom is 1.00 e. The number of aryl methyl sites for hydroxylation is 1. The number of aromatic carboxylic acids is 1. The second-order valence-corrected chi connectivity index (χ2v) is 8.54. The van der Waals surface area contributed by atoms with Gasteiger partial charge in [-0.05, 0) is 18.4 Å². The number of carboxylic acids is 1. The van der Waals surface area contributed by atoms with Gasteiger partial charge in [-0.25, -0.2) is 0 Å². The fourth-order valence-electron chi connectivity index (χ4n) is 4.13. The molecule has 170 valence electrons. The van der Waals surface area contributed by atoms with E-state index < -0.39 is 11.9 Å². The second-order valence-electron chi connectivity index (χ2n) is 8.54. The Morgan fingerprint density at radius 2 is 1.16 bits per heavy atom. The van der Waals surface area contributed by atoms with Gasteiger partial charge in [0.05, 0.1) is 11.5 Å². The van der Waals surface area contributed by atoms with E-state index in [-0.39, 0.29) is 62.5 Å². The molecule has 1 aromatic rings. The van der Waals surface area contributed by atoms with Gasteiger partial charge in [-0.15, -0.1) is 0 Å². The van der Waals surface area contributed by atoms with Crippen LogP contribution in [0.25, 0.3) is 0 Å². The third-order valence-electron chi connectivity index (χ3n) is 5.92. The summed E-state index contributed by atoms with van der Waals surface area (Å²) in [5, 5.41) is 11.2. The zero-order chi connectivity index (χ0) is 22.0. The molecule has 1 amide bonds. The maximum atomic E-state index is 11.6. The van der Waals surface area contributed by atoms with Crippen LogP contribution in [0.2, 0.25) is 0 Å². The molecule has 0 saturated heterocycles. The summed E-state index contributed by atoms with van der Waals surface area (Å²) >= 11 is 0. The van der Waals surface area contributed by atoms with Gasteiger partial charge in [-0.1, -0.05) is 121 Å². The summed E-state index contributed by atoms with van der Waals surface area (Å²) in [6.45, 7) is 2.27. The number of amides is 1. The van der Waals surface area contributed by atoms with Crippen molar-refractivity contribution in [3.05, 3.63) is 34.9 Å². The Kier molecular flexibility index (Phi) is 20.3. The number of unbranched alkanes of at least 4 members (excludes halogenated alkanes) is 15. The molecular weight excluding hydrogens is 413 g/mol. The summed E-state index contributed by atoms with van der Waals surface area (Å²) in [7, 11) is 0. The molecule has 0 aliphatic rings. The Hall–Kier alpha value is -0.204. The smallest absolute Gasteiger partial charge is 0.545 e. The van der Waals surface area contributed by atoms with Crippen molar-refractivity contribution in [1.29, 1.82) is 0 Å². The van der Waals surface area contributed by atoms with E-state index in [1.165, 1.54) is 96.0 Å². The van der Waals surface area contributed by atoms with Gasteiger partial charge < -0.3 is 15.6 Å². The van der Waals surface area contributed by atoms with E-state index in [1.807, 2.05) is 0 Å². The first-order chi connectivity index (χ1) is 14.6. The molecule has 0 saturated carbocycles. The van der Waals surface area contributed by atoms with Crippen LogP contribution in [0.3, 0.4) is 0 Å². The number of carbonyl (C=O) groups is 2. The largest absolute Gasteiger partial charge is 1.00 e. The topological polar surface area (TPSA) is 83.2 Å². The van der Waals surface area contributed by atoms with E-state index in [1.54, 1.807) is 12.1 Å². The molecule has 1 rings (SSSR count). The van der Waals surface area contributed by atoms with Crippen molar-refractivity contribution in [1.82, 2.24) is 0 Å². The molecule has 0 aliphatic heterocycles. The molecule has 31 heavy (non-hydrogen) atoms. The molecule has 0 unspecified atom stereocenters. The molecule has 1 aromatic carbocycles. The first-order valence-electron chi connectivity index (χ1n) is 12.2. The van der Waals surface area contributed by atoms with Gasteiger partial charge in [-0.3, -0.25) is 4.79 Å². The number of carbonyl (C=O) groups excluding carboxylic acids is 2. The summed E-state index contributed by atoms with van der Waals surface area (Å²) < 4.78 is 0. The van der Waals surface area contributed by atoms with Crippen molar-refractivity contribution in [2.24, 2.45) is 5.73 Å². The molecule has 0 bridgehead atoms. The van der Waals surface area contributed by atoms with Crippen molar-refractivity contribution in [2.75, 3.05) is 0 Å². The van der Waals surface area contributed by atoms with E-state index in [2.05, 4.69) is 6.92 Å². The number of primary amides is 1. The second kappa shape index (κ2) is 20.4. The van der Waals surface area contributed by atoms with Crippen LogP contribution in [-0.4, -0.2) is 11.9 Å². The van der Waals surface area contributed by atoms with Crippen LogP contribution >= 0.6 is 0 Å². The number of hydrogen-bond donors (Lipinski definition) is 1. The molecule has 0 aliphatic carbocycles. The fourth-order valence-corrected chi connectivity index (χ4v) is 4.13. The van der Waals surface area contributed by atoms with Crippen molar-refractivity contribution in [3.63, 3.8) is 0 Å². The van der Waals surface area contributed by atoms with Crippen LogP contribution < -0.4 is 62.2 Å². The third-order valence-corrected chi connectivity index (χ3v) is 5.92. The van der Waals surface area contributed by atoms with Gasteiger partial charge in [-0.2, -0.15) is 0 Å². The summed E-state index contributed by atoms with van der Waals surface area (Å²) in [6.07, 6.45) is 21.7. The van der Waals surface area contributed by atoms with E-state index in [9.17, 15) is 14.7 Å². The van der Waals surface area contributed by atoms with Crippen molar-refractivity contribution < 1.29 is 66.1 Å². The van der Waals surface area contributed by atoms with Crippen molar-refractivity contribution in [2.45, 2.75) is 116 Å². The van der Waals surface area contributed by atoms with Crippen molar-refractivity contribution >= 4 is 11.9 Å². The molecule has 0 aromatic heterocycles. The number of rotatable bonds is 19. The molecule has 0 spiro atoms. The summed E-state index contributed by atoms with van der Waals surface area (Å²) in [6, 6.07) is 4.82. The van der Waals surface area contributed by atoms with Gasteiger partial charge in [0.25, 0.3) is 0 Å². The Bertz CT molecular complexity index is 619. The zero-order valence-corrected chi connectivity index (χ0v) is 23.2. The van der Waals surface area contributed by atoms with E-state index >= 15 is 0 Å². The Morgan fingerprint density at radius 3 is 1.55 bits per heavy atom. The Morgan fingerprint density at radius 1 is 0.742 bits per heavy atom. The standard InChI is InChI=1S/C26H43NO3.K/c1-2-3-4-5-6-7-8-9-10-11-12-13-14-15-16-17-19-22-20-18-21-23(26(29)30)24(22)25(27)28;/h18,20-21H,2-17,19H2,1H3,(H2,27,28)(H,29,30);/q;+1/p-1. The first-order valence-corrected chi connectivity index (χ1v) is 12.2. The van der Waals surface area contributed by atoms with Gasteiger partial charge in [0, 0.05) is 5.56 Å². The van der Waals surface area contributed by atoms with Gasteiger partial charge >= 0.3 is 51.4 Å². The van der Waals surface area contributed by atoms with Crippen LogP contribution in [0.1, 0.15) is 136 Å². The molecule has 0 radical (unpaired) electrons. The maximum absolute atomic E-state index is 11.6. The quantitative estimate of drug-likeness (QED) is 0.257. The minimum absolute atomic E-state index is 0. The number of hydrogen-bond acceptors (Lipinski definition) is 3. The average Bonchev–Trinajstić information content (AvgIpc) is 2.73. The van der Waals surface area contributed by atoms with Gasteiger partial charge in [0.15, 0.2) is 0 Å². The Labute approximate surface area is 232 Å². The monoisotopic (exact) mass is 455 g/mol. The van der Waals surface area contributed by atoms with E-state index in [4.69, 9.17) is 5.73 Å². The summed E-state index contributed by atoms with van der Waals surface area (Å²) in [5.41, 5.74) is 6.11. The average molecular weight is 456 g/mol. The minimum Gasteiger partial charge on any atom is -0.545 e. The van der Waals surface area contributed by atoms with Crippen LogP contribution in [-0.2, 0) is 6.42 Å².